The molecule has 0 amide bonds. The van der Waals surface area contributed by atoms with Crippen molar-refractivity contribution in [1.82, 2.24) is 19.9 Å². The summed E-state index contributed by atoms with van der Waals surface area (Å²) in [5.41, 5.74) is 1.87. The molecule has 1 aromatic carbocycles. The summed E-state index contributed by atoms with van der Waals surface area (Å²) in [5, 5.41) is 18.6. The molecule has 2 N–H and O–H groups in total. The molecule has 8 heteroatoms. The fourth-order valence-electron chi connectivity index (χ4n) is 2.49. The summed E-state index contributed by atoms with van der Waals surface area (Å²) in [7, 11) is 1.75. The molecule has 0 aliphatic heterocycles. The van der Waals surface area contributed by atoms with Crippen molar-refractivity contribution >= 4 is 23.2 Å². The third-order valence-electron chi connectivity index (χ3n) is 4.01. The van der Waals surface area contributed by atoms with Crippen LogP contribution in [-0.2, 0) is 0 Å². The molecule has 2 heterocycles. The van der Waals surface area contributed by atoms with Crippen LogP contribution in [0.2, 0.25) is 0 Å². The van der Waals surface area contributed by atoms with Gasteiger partial charge in [0.1, 0.15) is 5.01 Å². The van der Waals surface area contributed by atoms with Gasteiger partial charge in [-0.2, -0.15) is 20.2 Å². The first-order chi connectivity index (χ1) is 12.8. The first-order valence-corrected chi connectivity index (χ1v) is 9.25. The lowest BCUT2D eigenvalue weighted by atomic mass is 10.1. The van der Waals surface area contributed by atoms with E-state index < -0.39 is 5.92 Å². The van der Waals surface area contributed by atoms with Crippen LogP contribution in [0.1, 0.15) is 29.6 Å². The van der Waals surface area contributed by atoms with Gasteiger partial charge in [0.2, 0.25) is 11.9 Å². The standard InChI is InChI=1S/C18H17N7S/c1-20-17-23-15(24-18(25-17)21-12-7-8-12)13(9-19)16-22-14(10-26-16)11-5-3-2-4-6-11/h2-6,10,12-13H,7-8H2,1H3,(H2,20,21,23,24,25). The molecule has 1 aliphatic carbocycles. The Kier molecular flexibility index (Phi) is 4.46. The Balaban J connectivity index is 1.67. The van der Waals surface area contributed by atoms with Gasteiger partial charge in [0, 0.05) is 24.0 Å². The molecule has 4 rings (SSSR count). The molecule has 26 heavy (non-hydrogen) atoms. The summed E-state index contributed by atoms with van der Waals surface area (Å²) < 4.78 is 0. The van der Waals surface area contributed by atoms with E-state index in [9.17, 15) is 5.26 Å². The van der Waals surface area contributed by atoms with Crippen LogP contribution in [0.15, 0.2) is 35.7 Å². The molecule has 0 radical (unpaired) electrons. The minimum atomic E-state index is -0.632. The Morgan fingerprint density at radius 2 is 1.88 bits per heavy atom. The largest absolute Gasteiger partial charge is 0.357 e. The SMILES string of the molecule is CNc1nc(NC2CC2)nc(C(C#N)c2nc(-c3ccccc3)cs2)n1. The molecule has 7 nitrogen and oxygen atoms in total. The zero-order valence-electron chi connectivity index (χ0n) is 14.2. The van der Waals surface area contributed by atoms with E-state index in [0.717, 1.165) is 24.1 Å². The monoisotopic (exact) mass is 363 g/mol. The molecule has 0 saturated heterocycles. The molecule has 0 bridgehead atoms. The van der Waals surface area contributed by atoms with Gasteiger partial charge in [0.15, 0.2) is 11.7 Å². The number of nitrogens with one attached hydrogen (secondary N) is 2. The second-order valence-electron chi connectivity index (χ2n) is 6.01. The highest BCUT2D eigenvalue weighted by atomic mass is 32.1. The lowest BCUT2D eigenvalue weighted by Gasteiger charge is -2.10. The third kappa shape index (κ3) is 3.48. The van der Waals surface area contributed by atoms with Gasteiger partial charge in [0.05, 0.1) is 11.8 Å². The van der Waals surface area contributed by atoms with Gasteiger partial charge in [-0.3, -0.25) is 0 Å². The normalized spacial score (nSPS) is 14.5. The van der Waals surface area contributed by atoms with Gasteiger partial charge in [-0.25, -0.2) is 4.98 Å². The van der Waals surface area contributed by atoms with Crippen molar-refractivity contribution in [1.29, 1.82) is 5.26 Å². The topological polar surface area (TPSA) is 99.4 Å². The van der Waals surface area contributed by atoms with E-state index >= 15 is 0 Å². The highest BCUT2D eigenvalue weighted by molar-refractivity contribution is 7.10. The summed E-state index contributed by atoms with van der Waals surface area (Å²) in [6.07, 6.45) is 2.23. The molecular formula is C18H17N7S. The highest BCUT2D eigenvalue weighted by Gasteiger charge is 2.26. The summed E-state index contributed by atoms with van der Waals surface area (Å²) in [4.78, 5) is 17.8. The number of hydrogen-bond donors (Lipinski definition) is 2. The van der Waals surface area contributed by atoms with Crippen LogP contribution in [0.4, 0.5) is 11.9 Å². The Morgan fingerprint density at radius 3 is 2.58 bits per heavy atom. The van der Waals surface area contributed by atoms with Crippen molar-refractivity contribution in [3.8, 4) is 17.3 Å². The van der Waals surface area contributed by atoms with Crippen LogP contribution in [0.3, 0.4) is 0 Å². The maximum atomic E-state index is 9.74. The van der Waals surface area contributed by atoms with Crippen molar-refractivity contribution in [2.24, 2.45) is 0 Å². The quantitative estimate of drug-likeness (QED) is 0.693. The zero-order chi connectivity index (χ0) is 17.9. The number of aromatic nitrogens is 4. The second-order valence-corrected chi connectivity index (χ2v) is 6.90. The predicted octanol–water partition coefficient (Wildman–Crippen LogP) is 3.27. The number of benzene rings is 1. The average Bonchev–Trinajstić information content (AvgIpc) is 3.36. The number of thiazole rings is 1. The average molecular weight is 363 g/mol. The molecule has 1 aliphatic rings. The van der Waals surface area contributed by atoms with Crippen LogP contribution in [0, 0.1) is 11.3 Å². The van der Waals surface area contributed by atoms with Crippen molar-refractivity contribution in [2.75, 3.05) is 17.7 Å². The number of hydrogen-bond acceptors (Lipinski definition) is 8. The number of anilines is 2. The van der Waals surface area contributed by atoms with Crippen LogP contribution < -0.4 is 10.6 Å². The predicted molar refractivity (Wildman–Crippen MR) is 101 cm³/mol. The lowest BCUT2D eigenvalue weighted by Crippen LogP contribution is -2.13. The van der Waals surface area contributed by atoms with E-state index in [0.29, 0.717) is 28.8 Å². The smallest absolute Gasteiger partial charge is 0.228 e. The Morgan fingerprint density at radius 1 is 1.12 bits per heavy atom. The molecular weight excluding hydrogens is 346 g/mol. The molecule has 1 atom stereocenters. The Hall–Kier alpha value is -3.05. The maximum absolute atomic E-state index is 9.74. The molecule has 3 aromatic rings. The second kappa shape index (κ2) is 7.06. The van der Waals surface area contributed by atoms with Gasteiger partial charge in [-0.05, 0) is 12.8 Å². The van der Waals surface area contributed by atoms with Crippen molar-refractivity contribution in [3.05, 3.63) is 46.5 Å². The molecule has 0 spiro atoms. The third-order valence-corrected chi connectivity index (χ3v) is 4.92. The van der Waals surface area contributed by atoms with Crippen LogP contribution >= 0.6 is 11.3 Å². The molecule has 1 fully saturated rings. The summed E-state index contributed by atoms with van der Waals surface area (Å²) in [6.45, 7) is 0. The Bertz CT molecular complexity index is 944. The molecule has 2 aromatic heterocycles. The number of nitriles is 1. The maximum Gasteiger partial charge on any atom is 0.228 e. The summed E-state index contributed by atoms with van der Waals surface area (Å²) in [5.74, 6) is 0.719. The minimum absolute atomic E-state index is 0.406. The molecule has 1 saturated carbocycles. The lowest BCUT2D eigenvalue weighted by molar-refractivity contribution is 0.853. The Labute approximate surface area is 155 Å². The highest BCUT2D eigenvalue weighted by Crippen LogP contribution is 2.30. The number of rotatable bonds is 6. The van der Waals surface area contributed by atoms with Gasteiger partial charge in [0.25, 0.3) is 0 Å². The fourth-order valence-corrected chi connectivity index (χ4v) is 3.36. The van der Waals surface area contributed by atoms with E-state index in [4.69, 9.17) is 0 Å². The summed E-state index contributed by atoms with van der Waals surface area (Å²) >= 11 is 1.44. The molecule has 130 valence electrons. The zero-order valence-corrected chi connectivity index (χ0v) is 15.0. The number of nitrogens with zero attached hydrogens (tertiary/aromatic N) is 5. The minimum Gasteiger partial charge on any atom is -0.357 e. The van der Waals surface area contributed by atoms with Crippen molar-refractivity contribution < 1.29 is 0 Å². The van der Waals surface area contributed by atoms with E-state index in [2.05, 4.69) is 36.6 Å². The van der Waals surface area contributed by atoms with E-state index in [1.807, 2.05) is 35.7 Å². The van der Waals surface area contributed by atoms with E-state index in [1.54, 1.807) is 7.05 Å². The first-order valence-electron chi connectivity index (χ1n) is 8.37. The van der Waals surface area contributed by atoms with Gasteiger partial charge in [-0.15, -0.1) is 11.3 Å². The van der Waals surface area contributed by atoms with E-state index in [1.165, 1.54) is 11.3 Å². The summed E-state index contributed by atoms with van der Waals surface area (Å²) in [6, 6.07) is 12.6. The van der Waals surface area contributed by atoms with Gasteiger partial charge in [-0.1, -0.05) is 30.3 Å². The molecule has 1 unspecified atom stereocenters. The van der Waals surface area contributed by atoms with Crippen molar-refractivity contribution in [3.63, 3.8) is 0 Å². The van der Waals surface area contributed by atoms with Crippen LogP contribution in [0.5, 0.6) is 0 Å². The fraction of sp³-hybridized carbons (Fsp3) is 0.278. The van der Waals surface area contributed by atoms with Crippen molar-refractivity contribution in [2.45, 2.75) is 24.8 Å². The van der Waals surface area contributed by atoms with Crippen LogP contribution in [-0.4, -0.2) is 33.0 Å². The first kappa shape index (κ1) is 16.4. The van der Waals surface area contributed by atoms with Gasteiger partial charge < -0.3 is 10.6 Å². The van der Waals surface area contributed by atoms with Crippen LogP contribution in [0.25, 0.3) is 11.3 Å². The van der Waals surface area contributed by atoms with E-state index in [-0.39, 0.29) is 0 Å². The van der Waals surface area contributed by atoms with Gasteiger partial charge >= 0.3 is 0 Å².